The lowest BCUT2D eigenvalue weighted by atomic mass is 9.91. The molecule has 0 rings (SSSR count). The molecule has 2 atom stereocenters. The van der Waals surface area contributed by atoms with Gasteiger partial charge in [0.05, 0.1) is 19.8 Å². The van der Waals surface area contributed by atoms with Crippen molar-refractivity contribution < 1.29 is 42.5 Å². The van der Waals surface area contributed by atoms with Crippen molar-refractivity contribution in [1.29, 1.82) is 0 Å². The van der Waals surface area contributed by atoms with E-state index in [0.717, 1.165) is 0 Å². The van der Waals surface area contributed by atoms with E-state index in [-0.39, 0.29) is 19.8 Å². The first-order chi connectivity index (χ1) is 9.77. The van der Waals surface area contributed by atoms with Crippen LogP contribution in [-0.2, 0) is 28.6 Å². The highest BCUT2D eigenvalue weighted by Gasteiger charge is 2.60. The molecule has 0 bridgehead atoms. The molecule has 7 nitrogen and oxygen atoms in total. The van der Waals surface area contributed by atoms with Crippen molar-refractivity contribution in [2.75, 3.05) is 19.8 Å². The molecule has 0 heterocycles. The molecule has 0 amide bonds. The van der Waals surface area contributed by atoms with Gasteiger partial charge in [-0.1, -0.05) is 0 Å². The first-order valence-corrected chi connectivity index (χ1v) is 6.28. The van der Waals surface area contributed by atoms with E-state index in [4.69, 9.17) is 0 Å². The van der Waals surface area contributed by atoms with E-state index in [9.17, 15) is 28.3 Å². The minimum Gasteiger partial charge on any atom is -0.464 e. The van der Waals surface area contributed by atoms with Gasteiger partial charge in [-0.05, 0) is 20.8 Å². The van der Waals surface area contributed by atoms with Crippen LogP contribution in [0.5, 0.6) is 0 Å². The highest BCUT2D eigenvalue weighted by atomic mass is 19.1. The van der Waals surface area contributed by atoms with Gasteiger partial charge in [-0.3, -0.25) is 0 Å². The topological polar surface area (TPSA) is 99.1 Å². The van der Waals surface area contributed by atoms with Gasteiger partial charge in [-0.2, -0.15) is 0 Å². The molecule has 21 heavy (non-hydrogen) atoms. The molecule has 2 unspecified atom stereocenters. The van der Waals surface area contributed by atoms with E-state index < -0.39 is 35.9 Å². The smallest absolute Gasteiger partial charge is 0.345 e. The normalized spacial score (nSPS) is 16.3. The lowest BCUT2D eigenvalue weighted by Crippen LogP contribution is -2.61. The number of ether oxygens (including phenoxy) is 3. The average molecular weight is 312 g/mol. The lowest BCUT2D eigenvalue weighted by Gasteiger charge is -2.29. The molecule has 0 aliphatic rings. The maximum Gasteiger partial charge on any atom is 0.345 e. The van der Waals surface area contributed by atoms with Gasteiger partial charge >= 0.3 is 17.9 Å². The summed E-state index contributed by atoms with van der Waals surface area (Å²) in [5, 5.41) is 9.92. The van der Waals surface area contributed by atoms with Crippen LogP contribution in [0.4, 0.5) is 8.78 Å². The van der Waals surface area contributed by atoms with Crippen LogP contribution in [0.25, 0.3) is 0 Å². The fourth-order valence-electron chi connectivity index (χ4n) is 1.37. The second-order valence-electron chi connectivity index (χ2n) is 3.78. The van der Waals surface area contributed by atoms with Gasteiger partial charge in [0.25, 0.3) is 0 Å². The van der Waals surface area contributed by atoms with Crippen LogP contribution >= 0.6 is 0 Å². The molecule has 122 valence electrons. The van der Waals surface area contributed by atoms with Crippen LogP contribution in [0.15, 0.2) is 0 Å². The molecule has 0 aromatic rings. The number of halogens is 2. The summed E-state index contributed by atoms with van der Waals surface area (Å²) >= 11 is 0. The van der Waals surface area contributed by atoms with Crippen molar-refractivity contribution in [1.82, 2.24) is 0 Å². The molecule has 0 aliphatic carbocycles. The van der Waals surface area contributed by atoms with E-state index in [1.54, 1.807) is 0 Å². The molecule has 0 fully saturated rings. The predicted octanol–water partition coefficient (Wildman–Crippen LogP) is 0.0830. The number of carbonyl (C=O) groups excluding carboxylic acids is 3. The molecule has 0 saturated heterocycles. The molecule has 0 aromatic carbocycles. The Hall–Kier alpha value is -1.77. The molecular formula is C12H18F2O7. The summed E-state index contributed by atoms with van der Waals surface area (Å²) in [6.45, 7) is 3.13. The Kier molecular flexibility index (Phi) is 7.79. The summed E-state index contributed by atoms with van der Waals surface area (Å²) < 4.78 is 40.8. The fourth-order valence-corrected chi connectivity index (χ4v) is 1.37. The third-order valence-electron chi connectivity index (χ3n) is 2.36. The highest BCUT2D eigenvalue weighted by Crippen LogP contribution is 2.26. The quantitative estimate of drug-likeness (QED) is 0.500. The fraction of sp³-hybridized carbons (Fsp3) is 0.750. The molecule has 0 aliphatic heterocycles. The van der Waals surface area contributed by atoms with E-state index in [1.807, 2.05) is 0 Å². The van der Waals surface area contributed by atoms with Crippen molar-refractivity contribution in [2.45, 2.75) is 38.7 Å². The SMILES string of the molecule is CCOC(=O)C(F)C(O)(C(=O)OCC)C(F)C(=O)OCC. The second kappa shape index (κ2) is 8.50. The maximum absolute atomic E-state index is 14.0. The van der Waals surface area contributed by atoms with Crippen LogP contribution in [0.3, 0.4) is 0 Å². The van der Waals surface area contributed by atoms with Crippen molar-refractivity contribution in [3.63, 3.8) is 0 Å². The Labute approximate surface area is 120 Å². The third-order valence-corrected chi connectivity index (χ3v) is 2.36. The van der Waals surface area contributed by atoms with Crippen LogP contribution < -0.4 is 0 Å². The zero-order chi connectivity index (χ0) is 16.6. The van der Waals surface area contributed by atoms with Gasteiger partial charge in [0.2, 0.25) is 17.9 Å². The molecule has 9 heteroatoms. The van der Waals surface area contributed by atoms with Crippen molar-refractivity contribution >= 4 is 17.9 Å². The Balaban J connectivity index is 5.50. The molecule has 0 radical (unpaired) electrons. The average Bonchev–Trinajstić information content (AvgIpc) is 2.45. The van der Waals surface area contributed by atoms with E-state index >= 15 is 0 Å². The third kappa shape index (κ3) is 4.35. The summed E-state index contributed by atoms with van der Waals surface area (Å²) in [5.74, 6) is -5.19. The van der Waals surface area contributed by atoms with Gasteiger partial charge in [0.1, 0.15) is 0 Å². The summed E-state index contributed by atoms with van der Waals surface area (Å²) in [6, 6.07) is 0. The van der Waals surface area contributed by atoms with Gasteiger partial charge in [-0.15, -0.1) is 0 Å². The number of hydrogen-bond acceptors (Lipinski definition) is 7. The maximum atomic E-state index is 14.0. The minimum absolute atomic E-state index is 0.269. The second-order valence-corrected chi connectivity index (χ2v) is 3.78. The molecule has 1 N–H and O–H groups in total. The van der Waals surface area contributed by atoms with Crippen molar-refractivity contribution in [2.24, 2.45) is 0 Å². The first-order valence-electron chi connectivity index (χ1n) is 6.28. The van der Waals surface area contributed by atoms with Gasteiger partial charge in [-0.25, -0.2) is 23.2 Å². The Morgan fingerprint density at radius 2 is 1.24 bits per heavy atom. The largest absolute Gasteiger partial charge is 0.464 e. The van der Waals surface area contributed by atoms with E-state index in [1.165, 1.54) is 20.8 Å². The van der Waals surface area contributed by atoms with Crippen molar-refractivity contribution in [3.05, 3.63) is 0 Å². The van der Waals surface area contributed by atoms with Gasteiger partial charge in [0, 0.05) is 0 Å². The van der Waals surface area contributed by atoms with E-state index in [0.29, 0.717) is 0 Å². The van der Waals surface area contributed by atoms with Gasteiger partial charge < -0.3 is 19.3 Å². The van der Waals surface area contributed by atoms with Gasteiger partial charge in [0.15, 0.2) is 0 Å². The molecular weight excluding hydrogens is 294 g/mol. The number of hydrogen-bond donors (Lipinski definition) is 1. The summed E-state index contributed by atoms with van der Waals surface area (Å²) in [7, 11) is 0. The van der Waals surface area contributed by atoms with Crippen LogP contribution in [0, 0.1) is 0 Å². The Morgan fingerprint density at radius 3 is 1.52 bits per heavy atom. The Bertz CT molecular complexity index is 362. The highest BCUT2D eigenvalue weighted by molar-refractivity contribution is 5.95. The number of aliphatic hydroxyl groups is 1. The monoisotopic (exact) mass is 312 g/mol. The van der Waals surface area contributed by atoms with Crippen molar-refractivity contribution in [3.8, 4) is 0 Å². The Morgan fingerprint density at radius 1 is 0.905 bits per heavy atom. The van der Waals surface area contributed by atoms with Crippen LogP contribution in [0.2, 0.25) is 0 Å². The zero-order valence-corrected chi connectivity index (χ0v) is 11.9. The number of alkyl halides is 2. The van der Waals surface area contributed by atoms with E-state index in [2.05, 4.69) is 14.2 Å². The number of rotatable bonds is 8. The summed E-state index contributed by atoms with van der Waals surface area (Å²) in [4.78, 5) is 34.2. The standard InChI is InChI=1S/C12H18F2O7/c1-4-19-9(15)7(13)12(18,11(17)21-6-3)8(14)10(16)20-5-2/h7-8,18H,4-6H2,1-3H3. The molecule has 0 aromatic heterocycles. The molecule has 0 saturated carbocycles. The first kappa shape index (κ1) is 19.2. The predicted molar refractivity (Wildman–Crippen MR) is 64.6 cm³/mol. The minimum atomic E-state index is -3.67. The number of carbonyl (C=O) groups is 3. The lowest BCUT2D eigenvalue weighted by molar-refractivity contribution is -0.198. The zero-order valence-electron chi connectivity index (χ0n) is 11.9. The van der Waals surface area contributed by atoms with Crippen LogP contribution in [-0.4, -0.2) is 60.8 Å². The summed E-state index contributed by atoms with van der Waals surface area (Å²) in [6.07, 6.45) is -6.29. The molecule has 0 spiro atoms. The number of esters is 3. The van der Waals surface area contributed by atoms with Crippen LogP contribution in [0.1, 0.15) is 20.8 Å². The summed E-state index contributed by atoms with van der Waals surface area (Å²) in [5.41, 5.74) is -3.67.